The fourth-order valence-corrected chi connectivity index (χ4v) is 8.71. The predicted molar refractivity (Wildman–Crippen MR) is 240 cm³/mol. The predicted octanol–water partition coefficient (Wildman–Crippen LogP) is 10.1. The van der Waals surface area contributed by atoms with Crippen LogP contribution in [0.2, 0.25) is 0 Å². The largest absolute Gasteiger partial charge is 0.362 e. The first-order valence-corrected chi connectivity index (χ1v) is 20.4. The molecule has 6 atom stereocenters. The van der Waals surface area contributed by atoms with E-state index < -0.39 is 5.66 Å². The van der Waals surface area contributed by atoms with E-state index in [4.69, 9.17) is 9.98 Å². The van der Waals surface area contributed by atoms with Crippen molar-refractivity contribution in [2.75, 3.05) is 7.05 Å². The van der Waals surface area contributed by atoms with Crippen LogP contribution in [0.3, 0.4) is 0 Å². The van der Waals surface area contributed by atoms with Crippen LogP contribution in [0, 0.1) is 11.8 Å². The molecule has 3 N–H and O–H groups in total. The zero-order chi connectivity index (χ0) is 39.5. The number of hydrogen-bond donors (Lipinski definition) is 3. The molecule has 0 aromatic heterocycles. The highest BCUT2D eigenvalue weighted by Gasteiger charge is 2.41. The number of benzene rings is 5. The van der Waals surface area contributed by atoms with Crippen molar-refractivity contribution in [3.8, 4) is 11.1 Å². The highest BCUT2D eigenvalue weighted by molar-refractivity contribution is 6.01. The first-order chi connectivity index (χ1) is 28.4. The molecule has 58 heavy (non-hydrogen) atoms. The van der Waals surface area contributed by atoms with Gasteiger partial charge in [0.05, 0.1) is 5.70 Å². The second-order valence-corrected chi connectivity index (χ2v) is 15.8. The van der Waals surface area contributed by atoms with E-state index in [9.17, 15) is 0 Å². The van der Waals surface area contributed by atoms with Crippen LogP contribution in [-0.2, 0) is 5.66 Å². The highest BCUT2D eigenvalue weighted by atomic mass is 15.4. The zero-order valence-corrected chi connectivity index (χ0v) is 33.3. The molecule has 288 valence electrons. The Hall–Kier alpha value is -6.50. The van der Waals surface area contributed by atoms with Crippen LogP contribution >= 0.6 is 0 Å². The van der Waals surface area contributed by atoms with Gasteiger partial charge in [-0.1, -0.05) is 177 Å². The van der Waals surface area contributed by atoms with Crippen LogP contribution in [0.25, 0.3) is 16.8 Å². The Morgan fingerprint density at radius 2 is 1.34 bits per heavy atom. The summed E-state index contributed by atoms with van der Waals surface area (Å²) in [6.45, 7) is 4.48. The molecule has 0 radical (unpaired) electrons. The first-order valence-electron chi connectivity index (χ1n) is 20.4. The van der Waals surface area contributed by atoms with Crippen molar-refractivity contribution in [1.82, 2.24) is 20.9 Å². The third kappa shape index (κ3) is 7.51. The van der Waals surface area contributed by atoms with Crippen LogP contribution in [-0.4, -0.2) is 36.0 Å². The van der Waals surface area contributed by atoms with E-state index in [1.54, 1.807) is 0 Å². The normalized spacial score (nSPS) is 25.4. The fraction of sp³-hybridized carbons (Fsp3) is 0.192. The van der Waals surface area contributed by atoms with Gasteiger partial charge >= 0.3 is 0 Å². The van der Waals surface area contributed by atoms with Crippen LogP contribution in [0.1, 0.15) is 54.0 Å². The first kappa shape index (κ1) is 37.1. The Kier molecular flexibility index (Phi) is 10.3. The second-order valence-electron chi connectivity index (χ2n) is 15.8. The molecule has 6 heteroatoms. The summed E-state index contributed by atoms with van der Waals surface area (Å²) in [5.41, 5.74) is 9.53. The van der Waals surface area contributed by atoms with Crippen LogP contribution in [0.5, 0.6) is 0 Å². The molecule has 0 fully saturated rings. The quantitative estimate of drug-likeness (QED) is 0.148. The van der Waals surface area contributed by atoms with Gasteiger partial charge in [0.25, 0.3) is 0 Å². The van der Waals surface area contributed by atoms with Crippen molar-refractivity contribution in [2.45, 2.75) is 44.2 Å². The van der Waals surface area contributed by atoms with Crippen molar-refractivity contribution in [1.29, 1.82) is 0 Å². The third-order valence-corrected chi connectivity index (χ3v) is 12.0. The van der Waals surface area contributed by atoms with Gasteiger partial charge in [0, 0.05) is 36.2 Å². The molecule has 0 amide bonds. The topological polar surface area (TPSA) is 64.0 Å². The molecule has 6 unspecified atom stereocenters. The molecule has 4 aliphatic rings. The van der Waals surface area contributed by atoms with Crippen molar-refractivity contribution in [3.05, 3.63) is 222 Å². The van der Waals surface area contributed by atoms with E-state index in [1.165, 1.54) is 11.1 Å². The van der Waals surface area contributed by atoms with Crippen LogP contribution in [0.4, 0.5) is 0 Å². The summed E-state index contributed by atoms with van der Waals surface area (Å²) in [5.74, 6) is 2.59. The number of allylic oxidation sites excluding steroid dienone is 6. The van der Waals surface area contributed by atoms with Gasteiger partial charge in [0.2, 0.25) is 0 Å². The maximum Gasteiger partial charge on any atom is 0.137 e. The molecular weight excluding hydrogens is 709 g/mol. The van der Waals surface area contributed by atoms with E-state index >= 15 is 0 Å². The van der Waals surface area contributed by atoms with E-state index in [-0.39, 0.29) is 24.2 Å². The van der Waals surface area contributed by atoms with Crippen LogP contribution < -0.4 is 16.0 Å². The van der Waals surface area contributed by atoms with E-state index in [1.807, 2.05) is 6.07 Å². The second kappa shape index (κ2) is 16.2. The maximum absolute atomic E-state index is 5.54. The lowest BCUT2D eigenvalue weighted by atomic mass is 9.82. The average Bonchev–Trinajstić information content (AvgIpc) is 3.52. The minimum Gasteiger partial charge on any atom is -0.362 e. The molecular formula is C52H50N6. The number of nitrogens with zero attached hydrogens (tertiary/aromatic N) is 3. The summed E-state index contributed by atoms with van der Waals surface area (Å²) < 4.78 is 0. The molecule has 9 rings (SSSR count). The third-order valence-electron chi connectivity index (χ3n) is 12.0. The van der Waals surface area contributed by atoms with Gasteiger partial charge in [-0.05, 0) is 64.8 Å². The van der Waals surface area contributed by atoms with Crippen LogP contribution in [0.15, 0.2) is 204 Å². The Morgan fingerprint density at radius 1 is 0.690 bits per heavy atom. The van der Waals surface area contributed by atoms with Gasteiger partial charge in [0.15, 0.2) is 0 Å². The number of likely N-dealkylation sites (N-methyl/N-ethyl adjacent to an activating group) is 1. The molecule has 2 aliphatic heterocycles. The summed E-state index contributed by atoms with van der Waals surface area (Å²) in [6.07, 6.45) is 18.4. The van der Waals surface area contributed by atoms with E-state index in [0.29, 0.717) is 5.92 Å². The molecule has 0 saturated heterocycles. The Morgan fingerprint density at radius 3 is 2.10 bits per heavy atom. The molecule has 6 nitrogen and oxygen atoms in total. The lowest BCUT2D eigenvalue weighted by molar-refractivity contribution is 0.215. The maximum atomic E-state index is 5.54. The lowest BCUT2D eigenvalue weighted by Crippen LogP contribution is -2.60. The molecule has 2 heterocycles. The fourth-order valence-electron chi connectivity index (χ4n) is 8.71. The van der Waals surface area contributed by atoms with Crippen molar-refractivity contribution in [2.24, 2.45) is 21.8 Å². The SMILES string of the molecule is CC1C=CC=CC1C1N=C(c2cccc(-c3cccc(C4(C)N=C(c5ccccc5)N(C)C(C5=CC=CCC5c5ccccc5)N4)c3)c2)NC=C(c2ccccc2)N1. The highest BCUT2D eigenvalue weighted by Crippen LogP contribution is 2.39. The van der Waals surface area contributed by atoms with Gasteiger partial charge in [0.1, 0.15) is 29.7 Å². The summed E-state index contributed by atoms with van der Waals surface area (Å²) in [6, 6.07) is 49.5. The smallest absolute Gasteiger partial charge is 0.137 e. The van der Waals surface area contributed by atoms with Crippen molar-refractivity contribution < 1.29 is 0 Å². The van der Waals surface area contributed by atoms with Crippen molar-refractivity contribution in [3.63, 3.8) is 0 Å². The molecule has 2 aliphatic carbocycles. The summed E-state index contributed by atoms with van der Waals surface area (Å²) in [4.78, 5) is 13.2. The molecule has 0 spiro atoms. The monoisotopic (exact) mass is 758 g/mol. The standard InChI is InChI=1S/C52H50N6/c1-36-19-13-14-30-44(36)49-54-47(38-22-9-5-10-23-38)35-53-48(55-49)42-28-17-26-40(33-42)41-27-18-29-43(34-41)52(2)56-50(39-24-11-6-12-25-39)58(3)51(57-52)46-32-16-15-31-45(46)37-20-7-4-8-21-37/h4-30,32-36,44-45,49,51,54,57H,31H2,1-3H3,(H,53,55). The average molecular weight is 759 g/mol. The zero-order valence-electron chi connectivity index (χ0n) is 33.3. The number of rotatable bonds is 8. The number of amidine groups is 2. The summed E-state index contributed by atoms with van der Waals surface area (Å²) in [7, 11) is 2.16. The lowest BCUT2D eigenvalue weighted by Gasteiger charge is -2.46. The molecule has 0 saturated carbocycles. The van der Waals surface area contributed by atoms with Gasteiger partial charge in [-0.3, -0.25) is 5.32 Å². The number of nitrogens with one attached hydrogen (secondary N) is 3. The number of aliphatic imine (C=N–C) groups is 2. The van der Waals surface area contributed by atoms with Gasteiger partial charge in [-0.25, -0.2) is 9.98 Å². The molecule has 5 aromatic rings. The Labute approximate surface area is 342 Å². The van der Waals surface area contributed by atoms with Gasteiger partial charge in [-0.2, -0.15) is 0 Å². The van der Waals surface area contributed by atoms with E-state index in [2.05, 4.69) is 224 Å². The summed E-state index contributed by atoms with van der Waals surface area (Å²) in [5, 5.41) is 11.4. The van der Waals surface area contributed by atoms with Gasteiger partial charge in [-0.15, -0.1) is 0 Å². The molecule has 0 bridgehead atoms. The van der Waals surface area contributed by atoms with Crippen molar-refractivity contribution >= 4 is 17.4 Å². The molecule has 5 aromatic carbocycles. The Bertz CT molecular complexity index is 2480. The summed E-state index contributed by atoms with van der Waals surface area (Å²) >= 11 is 0. The van der Waals surface area contributed by atoms with Gasteiger partial charge < -0.3 is 15.5 Å². The minimum atomic E-state index is -0.720. The van der Waals surface area contributed by atoms with E-state index in [0.717, 1.165) is 57.2 Å². The Balaban J connectivity index is 1.08. The number of hydrogen-bond acceptors (Lipinski definition) is 6. The minimum absolute atomic E-state index is 0.0910.